The fraction of sp³-hybridized carbons (Fsp3) is 0.312. The number of nitrogens with two attached hydrogens (primary N) is 1. The Morgan fingerprint density at radius 3 is 2.85 bits per heavy atom. The van der Waals surface area contributed by atoms with Gasteiger partial charge >= 0.3 is 0 Å². The third-order valence-corrected chi connectivity index (χ3v) is 3.63. The smallest absolute Gasteiger partial charge is 0.122 e. The Morgan fingerprint density at radius 2 is 2.10 bits per heavy atom. The summed E-state index contributed by atoms with van der Waals surface area (Å²) in [6.07, 6.45) is 0.959. The molecular formula is C16H19N3O. The van der Waals surface area contributed by atoms with Gasteiger partial charge in [-0.15, -0.1) is 0 Å². The van der Waals surface area contributed by atoms with Gasteiger partial charge in [-0.1, -0.05) is 6.07 Å². The molecule has 3 rings (SSSR count). The quantitative estimate of drug-likeness (QED) is 0.662. The van der Waals surface area contributed by atoms with Gasteiger partial charge in [0.15, 0.2) is 0 Å². The van der Waals surface area contributed by atoms with Crippen LogP contribution in [0.2, 0.25) is 0 Å². The number of hydrogen-bond donors (Lipinski definition) is 2. The molecule has 4 nitrogen and oxygen atoms in total. The van der Waals surface area contributed by atoms with Gasteiger partial charge < -0.3 is 4.74 Å². The number of ether oxygens (including phenoxy) is 1. The van der Waals surface area contributed by atoms with E-state index in [2.05, 4.69) is 35.5 Å². The zero-order valence-corrected chi connectivity index (χ0v) is 11.8. The lowest BCUT2D eigenvalue weighted by Crippen LogP contribution is -2.29. The van der Waals surface area contributed by atoms with Crippen molar-refractivity contribution in [3.05, 3.63) is 58.4 Å². The molecule has 0 saturated heterocycles. The molecular weight excluding hydrogens is 250 g/mol. The number of nitrogens with one attached hydrogen (secondary N) is 1. The van der Waals surface area contributed by atoms with Crippen molar-refractivity contribution in [2.45, 2.75) is 26.3 Å². The van der Waals surface area contributed by atoms with Crippen molar-refractivity contribution in [2.75, 3.05) is 6.61 Å². The van der Waals surface area contributed by atoms with Crippen LogP contribution < -0.4 is 16.0 Å². The number of rotatable bonds is 3. The predicted octanol–water partition coefficient (Wildman–Crippen LogP) is 2.19. The molecule has 1 aliphatic rings. The van der Waals surface area contributed by atoms with Gasteiger partial charge in [0.2, 0.25) is 0 Å². The molecule has 1 aliphatic heterocycles. The zero-order chi connectivity index (χ0) is 14.1. The lowest BCUT2D eigenvalue weighted by molar-refractivity contribution is 0.357. The van der Waals surface area contributed by atoms with Crippen molar-refractivity contribution in [2.24, 2.45) is 5.84 Å². The van der Waals surface area contributed by atoms with Crippen LogP contribution in [0.25, 0.3) is 0 Å². The molecule has 0 saturated carbocycles. The molecule has 1 aromatic heterocycles. The summed E-state index contributed by atoms with van der Waals surface area (Å²) in [5.74, 6) is 6.75. The maximum Gasteiger partial charge on any atom is 0.122 e. The van der Waals surface area contributed by atoms with Crippen molar-refractivity contribution in [1.29, 1.82) is 0 Å². The molecule has 1 aromatic carbocycles. The van der Waals surface area contributed by atoms with Gasteiger partial charge in [0.05, 0.1) is 18.3 Å². The molecule has 0 radical (unpaired) electrons. The second kappa shape index (κ2) is 5.23. The molecule has 4 heteroatoms. The first-order valence-corrected chi connectivity index (χ1v) is 6.84. The number of benzene rings is 1. The van der Waals surface area contributed by atoms with Crippen molar-refractivity contribution >= 4 is 0 Å². The van der Waals surface area contributed by atoms with Crippen LogP contribution in [0.1, 0.15) is 34.1 Å². The second-order valence-electron chi connectivity index (χ2n) is 5.28. The van der Waals surface area contributed by atoms with Crippen LogP contribution in [-0.4, -0.2) is 11.6 Å². The standard InChI is InChI=1S/C16H19N3O/c1-10-7-11(2)18-14(8-10)16(19-17)13-3-4-15-12(9-13)5-6-20-15/h3-4,7-9,16,19H,5-6,17H2,1-2H3. The van der Waals surface area contributed by atoms with Crippen LogP contribution >= 0.6 is 0 Å². The first kappa shape index (κ1) is 13.1. The summed E-state index contributed by atoms with van der Waals surface area (Å²) in [7, 11) is 0. The largest absolute Gasteiger partial charge is 0.493 e. The number of aryl methyl sites for hydroxylation is 2. The zero-order valence-electron chi connectivity index (χ0n) is 11.8. The summed E-state index contributed by atoms with van der Waals surface area (Å²) < 4.78 is 5.54. The van der Waals surface area contributed by atoms with Gasteiger partial charge in [0.1, 0.15) is 5.75 Å². The van der Waals surface area contributed by atoms with Crippen LogP contribution in [0.15, 0.2) is 30.3 Å². The molecule has 0 aliphatic carbocycles. The van der Waals surface area contributed by atoms with E-state index in [9.17, 15) is 0 Å². The molecule has 1 unspecified atom stereocenters. The number of hydrogen-bond acceptors (Lipinski definition) is 4. The number of hydrazine groups is 1. The Hall–Kier alpha value is -1.91. The number of aromatic nitrogens is 1. The highest BCUT2D eigenvalue weighted by atomic mass is 16.5. The highest BCUT2D eigenvalue weighted by Gasteiger charge is 2.18. The van der Waals surface area contributed by atoms with Gasteiger partial charge in [0.25, 0.3) is 0 Å². The number of nitrogens with zero attached hydrogens (tertiary/aromatic N) is 1. The van der Waals surface area contributed by atoms with Gasteiger partial charge in [-0.05, 0) is 54.8 Å². The summed E-state index contributed by atoms with van der Waals surface area (Å²) in [6, 6.07) is 10.3. The summed E-state index contributed by atoms with van der Waals surface area (Å²) in [5, 5.41) is 0. The average molecular weight is 269 g/mol. The van der Waals surface area contributed by atoms with E-state index in [1.165, 1.54) is 11.1 Å². The van der Waals surface area contributed by atoms with Crippen molar-refractivity contribution in [3.8, 4) is 5.75 Å². The van der Waals surface area contributed by atoms with Crippen molar-refractivity contribution < 1.29 is 4.74 Å². The minimum Gasteiger partial charge on any atom is -0.493 e. The fourth-order valence-corrected chi connectivity index (χ4v) is 2.76. The minimum atomic E-state index is -0.0977. The van der Waals surface area contributed by atoms with E-state index in [1.807, 2.05) is 19.1 Å². The molecule has 20 heavy (non-hydrogen) atoms. The molecule has 2 heterocycles. The molecule has 0 amide bonds. The lowest BCUT2D eigenvalue weighted by Gasteiger charge is -2.18. The van der Waals surface area contributed by atoms with Crippen LogP contribution in [0.4, 0.5) is 0 Å². The van der Waals surface area contributed by atoms with Crippen LogP contribution in [0.3, 0.4) is 0 Å². The van der Waals surface area contributed by atoms with E-state index >= 15 is 0 Å². The first-order valence-electron chi connectivity index (χ1n) is 6.84. The molecule has 3 N–H and O–H groups in total. The van der Waals surface area contributed by atoms with Crippen molar-refractivity contribution in [3.63, 3.8) is 0 Å². The Bertz CT molecular complexity index is 619. The highest BCUT2D eigenvalue weighted by molar-refractivity contribution is 5.42. The van der Waals surface area contributed by atoms with Crippen molar-refractivity contribution in [1.82, 2.24) is 10.4 Å². The highest BCUT2D eigenvalue weighted by Crippen LogP contribution is 2.30. The minimum absolute atomic E-state index is 0.0977. The SMILES string of the molecule is Cc1cc(C)nc(C(NN)c2ccc3c(c2)CCO3)c1. The molecule has 1 atom stereocenters. The summed E-state index contributed by atoms with van der Waals surface area (Å²) in [5.41, 5.74) is 8.38. The Balaban J connectivity index is 2.01. The molecule has 0 bridgehead atoms. The fourth-order valence-electron chi connectivity index (χ4n) is 2.76. The Kier molecular flexibility index (Phi) is 3.42. The Morgan fingerprint density at radius 1 is 1.25 bits per heavy atom. The van der Waals surface area contributed by atoms with Crippen LogP contribution in [0, 0.1) is 13.8 Å². The van der Waals surface area contributed by atoms with Gasteiger partial charge in [-0.2, -0.15) is 0 Å². The van der Waals surface area contributed by atoms with Crippen LogP contribution in [-0.2, 0) is 6.42 Å². The van der Waals surface area contributed by atoms with E-state index in [0.717, 1.165) is 35.7 Å². The summed E-state index contributed by atoms with van der Waals surface area (Å²) in [6.45, 7) is 4.84. The third kappa shape index (κ3) is 2.40. The van der Waals surface area contributed by atoms with E-state index in [0.29, 0.717) is 0 Å². The maximum atomic E-state index is 5.76. The van der Waals surface area contributed by atoms with Gasteiger partial charge in [-0.3, -0.25) is 10.8 Å². The number of fused-ring (bicyclic) bond motifs is 1. The van der Waals surface area contributed by atoms with Gasteiger partial charge in [0, 0.05) is 12.1 Å². The van der Waals surface area contributed by atoms with E-state index < -0.39 is 0 Å². The summed E-state index contributed by atoms with van der Waals surface area (Å²) in [4.78, 5) is 4.60. The van der Waals surface area contributed by atoms with E-state index in [4.69, 9.17) is 10.6 Å². The van der Waals surface area contributed by atoms with E-state index in [-0.39, 0.29) is 6.04 Å². The maximum absolute atomic E-state index is 5.76. The monoisotopic (exact) mass is 269 g/mol. The van der Waals surface area contributed by atoms with Gasteiger partial charge in [-0.25, -0.2) is 5.43 Å². The first-order chi connectivity index (χ1) is 9.67. The second-order valence-corrected chi connectivity index (χ2v) is 5.28. The topological polar surface area (TPSA) is 60.2 Å². The average Bonchev–Trinajstić information content (AvgIpc) is 2.86. The van der Waals surface area contributed by atoms with Crippen LogP contribution in [0.5, 0.6) is 5.75 Å². The molecule has 0 fully saturated rings. The molecule has 2 aromatic rings. The third-order valence-electron chi connectivity index (χ3n) is 3.63. The number of pyridine rings is 1. The normalized spacial score (nSPS) is 14.8. The predicted molar refractivity (Wildman–Crippen MR) is 78.5 cm³/mol. The van der Waals surface area contributed by atoms with E-state index in [1.54, 1.807) is 0 Å². The Labute approximate surface area is 119 Å². The molecule has 0 spiro atoms. The molecule has 104 valence electrons. The lowest BCUT2D eigenvalue weighted by atomic mass is 9.99. The summed E-state index contributed by atoms with van der Waals surface area (Å²) >= 11 is 0.